The summed E-state index contributed by atoms with van der Waals surface area (Å²) in [4.78, 5) is 16.2. The van der Waals surface area contributed by atoms with Gasteiger partial charge in [0.2, 0.25) is 5.91 Å². The SMILES string of the molecule is O=C(CCc1cc(Cl)no1)N1CC[C@@](O)(CN2CCOCC2)C1. The number of rotatable bonds is 5. The van der Waals surface area contributed by atoms with E-state index in [1.807, 2.05) is 0 Å². The van der Waals surface area contributed by atoms with E-state index < -0.39 is 5.60 Å². The lowest BCUT2D eigenvalue weighted by Crippen LogP contribution is -2.49. The van der Waals surface area contributed by atoms with Crippen molar-refractivity contribution in [3.8, 4) is 0 Å². The van der Waals surface area contributed by atoms with Crippen LogP contribution in [0, 0.1) is 0 Å². The highest BCUT2D eigenvalue weighted by Crippen LogP contribution is 2.24. The van der Waals surface area contributed by atoms with Gasteiger partial charge in [-0.05, 0) is 6.42 Å². The number of carbonyl (C=O) groups is 1. The van der Waals surface area contributed by atoms with Crippen LogP contribution in [0.1, 0.15) is 18.6 Å². The molecular formula is C15H22ClN3O4. The van der Waals surface area contributed by atoms with E-state index in [0.717, 1.165) is 13.1 Å². The fourth-order valence-corrected chi connectivity index (χ4v) is 3.32. The van der Waals surface area contributed by atoms with E-state index in [0.29, 0.717) is 63.0 Å². The highest BCUT2D eigenvalue weighted by molar-refractivity contribution is 6.29. The molecule has 1 aromatic heterocycles. The number of nitrogens with zero attached hydrogens (tertiary/aromatic N) is 3. The number of ether oxygens (including phenoxy) is 1. The molecule has 0 bridgehead atoms. The Kier molecular flexibility index (Phi) is 5.21. The van der Waals surface area contributed by atoms with E-state index in [2.05, 4.69) is 10.1 Å². The number of likely N-dealkylation sites (tertiary alicyclic amines) is 1. The van der Waals surface area contributed by atoms with Gasteiger partial charge < -0.3 is 19.3 Å². The Balaban J connectivity index is 1.46. The minimum atomic E-state index is -0.817. The summed E-state index contributed by atoms with van der Waals surface area (Å²) in [7, 11) is 0. The van der Waals surface area contributed by atoms with E-state index in [-0.39, 0.29) is 5.91 Å². The minimum absolute atomic E-state index is 0.0235. The maximum absolute atomic E-state index is 12.3. The molecule has 1 atom stereocenters. The van der Waals surface area contributed by atoms with Crippen LogP contribution < -0.4 is 0 Å². The average Bonchev–Trinajstić information content (AvgIpc) is 3.12. The van der Waals surface area contributed by atoms with E-state index in [9.17, 15) is 9.90 Å². The van der Waals surface area contributed by atoms with Gasteiger partial charge in [-0.2, -0.15) is 0 Å². The van der Waals surface area contributed by atoms with Crippen LogP contribution in [0.3, 0.4) is 0 Å². The van der Waals surface area contributed by atoms with Crippen molar-refractivity contribution < 1.29 is 19.2 Å². The van der Waals surface area contributed by atoms with Crippen molar-refractivity contribution in [1.82, 2.24) is 15.0 Å². The lowest BCUT2D eigenvalue weighted by Gasteiger charge is -2.33. The van der Waals surface area contributed by atoms with Crippen molar-refractivity contribution in [2.24, 2.45) is 0 Å². The number of aryl methyl sites for hydroxylation is 1. The number of halogens is 1. The molecule has 3 heterocycles. The van der Waals surface area contributed by atoms with Gasteiger partial charge in [0.15, 0.2) is 5.15 Å². The summed E-state index contributed by atoms with van der Waals surface area (Å²) in [5, 5.41) is 14.6. The van der Waals surface area contributed by atoms with Gasteiger partial charge in [0.1, 0.15) is 5.76 Å². The number of hydrogen-bond donors (Lipinski definition) is 1. The summed E-state index contributed by atoms with van der Waals surface area (Å²) < 4.78 is 10.3. The Labute approximate surface area is 140 Å². The van der Waals surface area contributed by atoms with E-state index in [1.165, 1.54) is 0 Å². The Bertz CT molecular complexity index is 547. The van der Waals surface area contributed by atoms with Crippen molar-refractivity contribution in [1.29, 1.82) is 0 Å². The summed E-state index contributed by atoms with van der Waals surface area (Å²) >= 11 is 5.69. The van der Waals surface area contributed by atoms with Crippen LogP contribution in [-0.4, -0.2) is 77.5 Å². The second kappa shape index (κ2) is 7.17. The number of aromatic nitrogens is 1. The first-order valence-corrected chi connectivity index (χ1v) is 8.33. The first-order valence-electron chi connectivity index (χ1n) is 7.95. The molecule has 2 aliphatic heterocycles. The Hall–Kier alpha value is -1.15. The topological polar surface area (TPSA) is 79.0 Å². The van der Waals surface area contributed by atoms with Crippen molar-refractivity contribution in [2.45, 2.75) is 24.9 Å². The molecule has 0 unspecified atom stereocenters. The quantitative estimate of drug-likeness (QED) is 0.841. The van der Waals surface area contributed by atoms with Crippen LogP contribution in [0.5, 0.6) is 0 Å². The van der Waals surface area contributed by atoms with Crippen LogP contribution in [0.2, 0.25) is 5.15 Å². The Morgan fingerprint density at radius 2 is 2.17 bits per heavy atom. The van der Waals surface area contributed by atoms with Crippen LogP contribution >= 0.6 is 11.6 Å². The van der Waals surface area contributed by atoms with E-state index >= 15 is 0 Å². The first-order chi connectivity index (χ1) is 11.0. The number of amides is 1. The molecule has 2 fully saturated rings. The van der Waals surface area contributed by atoms with Gasteiger partial charge in [0.25, 0.3) is 0 Å². The second-order valence-corrected chi connectivity index (χ2v) is 6.68. The van der Waals surface area contributed by atoms with Gasteiger partial charge >= 0.3 is 0 Å². The van der Waals surface area contributed by atoms with Crippen LogP contribution in [0.4, 0.5) is 0 Å². The molecule has 0 saturated carbocycles. The molecule has 8 heteroatoms. The number of hydrogen-bond acceptors (Lipinski definition) is 6. The summed E-state index contributed by atoms with van der Waals surface area (Å²) in [6, 6.07) is 1.62. The van der Waals surface area contributed by atoms with Crippen LogP contribution in [0.25, 0.3) is 0 Å². The molecular weight excluding hydrogens is 322 g/mol. The third-order valence-corrected chi connectivity index (χ3v) is 4.60. The Morgan fingerprint density at radius 1 is 1.39 bits per heavy atom. The third kappa shape index (κ3) is 4.44. The van der Waals surface area contributed by atoms with Gasteiger partial charge in [-0.3, -0.25) is 9.69 Å². The van der Waals surface area contributed by atoms with Gasteiger partial charge in [0, 0.05) is 45.1 Å². The normalized spacial score (nSPS) is 25.9. The summed E-state index contributed by atoms with van der Waals surface area (Å²) in [5.74, 6) is 0.626. The Morgan fingerprint density at radius 3 is 2.87 bits per heavy atom. The van der Waals surface area contributed by atoms with Crippen molar-refractivity contribution in [3.63, 3.8) is 0 Å². The third-order valence-electron chi connectivity index (χ3n) is 4.42. The number of β-amino-alcohol motifs (C(OH)–C–C–N with tert-alkyl or cyclic N) is 1. The molecule has 0 aromatic carbocycles. The van der Waals surface area contributed by atoms with Crippen molar-refractivity contribution in [3.05, 3.63) is 17.0 Å². The zero-order valence-corrected chi connectivity index (χ0v) is 13.8. The number of aliphatic hydroxyl groups is 1. The highest BCUT2D eigenvalue weighted by atomic mass is 35.5. The zero-order chi connectivity index (χ0) is 16.3. The molecule has 1 aromatic rings. The zero-order valence-electron chi connectivity index (χ0n) is 13.0. The molecule has 23 heavy (non-hydrogen) atoms. The fraction of sp³-hybridized carbons (Fsp3) is 0.733. The number of carbonyl (C=O) groups excluding carboxylic acids is 1. The minimum Gasteiger partial charge on any atom is -0.387 e. The van der Waals surface area contributed by atoms with Crippen molar-refractivity contribution in [2.75, 3.05) is 45.9 Å². The molecule has 0 radical (unpaired) electrons. The molecule has 1 N–H and O–H groups in total. The van der Waals surface area contributed by atoms with Crippen molar-refractivity contribution >= 4 is 17.5 Å². The predicted octanol–water partition coefficient (Wildman–Crippen LogP) is 0.556. The molecule has 2 saturated heterocycles. The lowest BCUT2D eigenvalue weighted by molar-refractivity contribution is -0.131. The molecule has 7 nitrogen and oxygen atoms in total. The smallest absolute Gasteiger partial charge is 0.223 e. The standard InChI is InChI=1S/C15H22ClN3O4/c16-13-9-12(23-17-13)1-2-14(20)19-4-3-15(21,11-19)10-18-5-7-22-8-6-18/h9,21H,1-8,10-11H2/t15-/m1/s1. The summed E-state index contributed by atoms with van der Waals surface area (Å²) in [5.41, 5.74) is -0.817. The molecule has 128 valence electrons. The van der Waals surface area contributed by atoms with Gasteiger partial charge in [-0.1, -0.05) is 16.8 Å². The first kappa shape index (κ1) is 16.7. The second-order valence-electron chi connectivity index (χ2n) is 6.29. The largest absolute Gasteiger partial charge is 0.387 e. The maximum atomic E-state index is 12.3. The molecule has 0 spiro atoms. The van der Waals surface area contributed by atoms with Crippen LogP contribution in [0.15, 0.2) is 10.6 Å². The highest BCUT2D eigenvalue weighted by Gasteiger charge is 2.39. The number of morpholine rings is 1. The van der Waals surface area contributed by atoms with Gasteiger partial charge in [-0.15, -0.1) is 0 Å². The lowest BCUT2D eigenvalue weighted by atomic mass is 10.0. The van der Waals surface area contributed by atoms with E-state index in [4.69, 9.17) is 20.9 Å². The predicted molar refractivity (Wildman–Crippen MR) is 83.2 cm³/mol. The summed E-state index contributed by atoms with van der Waals surface area (Å²) in [6.07, 6.45) is 1.42. The molecule has 2 aliphatic rings. The molecule has 1 amide bonds. The van der Waals surface area contributed by atoms with Gasteiger partial charge in [-0.25, -0.2) is 0 Å². The molecule has 3 rings (SSSR count). The monoisotopic (exact) mass is 343 g/mol. The average molecular weight is 344 g/mol. The van der Waals surface area contributed by atoms with E-state index in [1.54, 1.807) is 11.0 Å². The maximum Gasteiger partial charge on any atom is 0.223 e. The van der Waals surface area contributed by atoms with Crippen LogP contribution in [-0.2, 0) is 16.0 Å². The fourth-order valence-electron chi connectivity index (χ4n) is 3.17. The summed E-state index contributed by atoms with van der Waals surface area (Å²) in [6.45, 7) is 4.66. The molecule has 0 aliphatic carbocycles. The van der Waals surface area contributed by atoms with Gasteiger partial charge in [0.05, 0.1) is 25.4 Å².